The second-order valence-corrected chi connectivity index (χ2v) is 5.62. The molecule has 98 valence electrons. The number of amides is 1. The molecular weight excluding hydrogens is 294 g/mol. The minimum Gasteiger partial charge on any atom is -0.377 e. The highest BCUT2D eigenvalue weighted by molar-refractivity contribution is 9.10. The first-order chi connectivity index (χ1) is 8.58. The summed E-state index contributed by atoms with van der Waals surface area (Å²) < 4.78 is 6.43. The lowest BCUT2D eigenvalue weighted by Gasteiger charge is -2.22. The molecule has 1 unspecified atom stereocenters. The minimum atomic E-state index is 0.0826. The highest BCUT2D eigenvalue weighted by atomic mass is 79.9. The summed E-state index contributed by atoms with van der Waals surface area (Å²) >= 11 is 3.47. The lowest BCUT2D eigenvalue weighted by Crippen LogP contribution is -2.36. The van der Waals surface area contributed by atoms with Crippen LogP contribution in [0, 0.1) is 6.92 Å². The SMILES string of the molecule is Cc1ccc(C(=O)N2CCCOC(C)C2)c(Br)c1. The first-order valence-electron chi connectivity index (χ1n) is 6.25. The molecule has 18 heavy (non-hydrogen) atoms. The molecule has 1 fully saturated rings. The molecule has 1 aromatic rings. The Morgan fingerprint density at radius 2 is 2.28 bits per heavy atom. The Balaban J connectivity index is 2.19. The van der Waals surface area contributed by atoms with Crippen molar-refractivity contribution < 1.29 is 9.53 Å². The molecule has 1 heterocycles. The van der Waals surface area contributed by atoms with Crippen molar-refractivity contribution in [3.63, 3.8) is 0 Å². The molecule has 3 nitrogen and oxygen atoms in total. The zero-order valence-corrected chi connectivity index (χ0v) is 12.4. The third kappa shape index (κ3) is 3.12. The van der Waals surface area contributed by atoms with Crippen LogP contribution >= 0.6 is 15.9 Å². The van der Waals surface area contributed by atoms with Gasteiger partial charge < -0.3 is 9.64 Å². The number of hydrogen-bond acceptors (Lipinski definition) is 2. The highest BCUT2D eigenvalue weighted by Crippen LogP contribution is 2.21. The molecule has 1 saturated heterocycles. The number of aryl methyl sites for hydroxylation is 1. The summed E-state index contributed by atoms with van der Waals surface area (Å²) in [6.07, 6.45) is 1.01. The largest absolute Gasteiger partial charge is 0.377 e. The summed E-state index contributed by atoms with van der Waals surface area (Å²) in [7, 11) is 0. The monoisotopic (exact) mass is 311 g/mol. The Morgan fingerprint density at radius 3 is 3.00 bits per heavy atom. The van der Waals surface area contributed by atoms with Crippen molar-refractivity contribution >= 4 is 21.8 Å². The molecule has 1 aliphatic heterocycles. The molecule has 0 aromatic heterocycles. The lowest BCUT2D eigenvalue weighted by atomic mass is 10.1. The summed E-state index contributed by atoms with van der Waals surface area (Å²) in [5, 5.41) is 0. The number of halogens is 1. The summed E-state index contributed by atoms with van der Waals surface area (Å²) in [4.78, 5) is 14.4. The molecule has 1 aromatic carbocycles. The van der Waals surface area contributed by atoms with Gasteiger partial charge >= 0.3 is 0 Å². The minimum absolute atomic E-state index is 0.0826. The van der Waals surface area contributed by atoms with E-state index in [2.05, 4.69) is 15.9 Å². The second kappa shape index (κ2) is 5.85. The molecule has 1 amide bonds. The van der Waals surface area contributed by atoms with Crippen molar-refractivity contribution in [1.29, 1.82) is 0 Å². The van der Waals surface area contributed by atoms with Crippen molar-refractivity contribution in [2.24, 2.45) is 0 Å². The number of carbonyl (C=O) groups excluding carboxylic acids is 1. The van der Waals surface area contributed by atoms with Crippen molar-refractivity contribution in [1.82, 2.24) is 4.90 Å². The van der Waals surface area contributed by atoms with Crippen LogP contribution in [-0.4, -0.2) is 36.6 Å². The molecule has 0 spiro atoms. The lowest BCUT2D eigenvalue weighted by molar-refractivity contribution is 0.0562. The molecule has 0 saturated carbocycles. The van der Waals surface area contributed by atoms with E-state index in [1.165, 1.54) is 0 Å². The standard InChI is InChI=1S/C14H18BrNO2/c1-10-4-5-12(13(15)8-10)14(17)16-6-3-7-18-11(2)9-16/h4-5,8,11H,3,6-7,9H2,1-2H3. The first kappa shape index (κ1) is 13.6. The van der Waals surface area contributed by atoms with Crippen molar-refractivity contribution in [3.8, 4) is 0 Å². The summed E-state index contributed by atoms with van der Waals surface area (Å²) in [6.45, 7) is 6.19. The number of benzene rings is 1. The maximum Gasteiger partial charge on any atom is 0.255 e. The number of carbonyl (C=O) groups is 1. The average molecular weight is 312 g/mol. The Kier molecular flexibility index (Phi) is 4.40. The molecule has 2 rings (SSSR count). The Hall–Kier alpha value is -0.870. The van der Waals surface area contributed by atoms with Crippen LogP contribution in [0.1, 0.15) is 29.3 Å². The first-order valence-corrected chi connectivity index (χ1v) is 7.04. The fraction of sp³-hybridized carbons (Fsp3) is 0.500. The molecule has 1 aliphatic rings. The average Bonchev–Trinajstić information content (AvgIpc) is 2.53. The molecular formula is C14H18BrNO2. The topological polar surface area (TPSA) is 29.5 Å². The molecule has 1 atom stereocenters. The summed E-state index contributed by atoms with van der Waals surface area (Å²) in [5.74, 6) is 0.0826. The van der Waals surface area contributed by atoms with Gasteiger partial charge in [-0.2, -0.15) is 0 Å². The van der Waals surface area contributed by atoms with Gasteiger partial charge in [-0.3, -0.25) is 4.79 Å². The maximum atomic E-state index is 12.5. The van der Waals surface area contributed by atoms with Gasteiger partial charge in [0.25, 0.3) is 5.91 Å². The van der Waals surface area contributed by atoms with Crippen LogP contribution in [0.4, 0.5) is 0 Å². The van der Waals surface area contributed by atoms with Crippen LogP contribution in [0.3, 0.4) is 0 Å². The van der Waals surface area contributed by atoms with Crippen LogP contribution < -0.4 is 0 Å². The Bertz CT molecular complexity index is 447. The van der Waals surface area contributed by atoms with Crippen molar-refractivity contribution in [2.45, 2.75) is 26.4 Å². The Labute approximate surface area is 116 Å². The summed E-state index contributed by atoms with van der Waals surface area (Å²) in [5.41, 5.74) is 1.88. The van der Waals surface area contributed by atoms with E-state index in [1.54, 1.807) is 0 Å². The molecule has 0 aliphatic carbocycles. The normalized spacial score (nSPS) is 20.6. The van der Waals surface area contributed by atoms with E-state index in [4.69, 9.17) is 4.74 Å². The molecule has 0 N–H and O–H groups in total. The maximum absolute atomic E-state index is 12.5. The summed E-state index contributed by atoms with van der Waals surface area (Å²) in [6, 6.07) is 5.83. The fourth-order valence-electron chi connectivity index (χ4n) is 2.14. The predicted molar refractivity (Wildman–Crippen MR) is 74.8 cm³/mol. The Morgan fingerprint density at radius 1 is 1.50 bits per heavy atom. The number of ether oxygens (including phenoxy) is 1. The number of rotatable bonds is 1. The number of nitrogens with zero attached hydrogens (tertiary/aromatic N) is 1. The van der Waals surface area contributed by atoms with Crippen LogP contribution in [0.15, 0.2) is 22.7 Å². The van der Waals surface area contributed by atoms with E-state index < -0.39 is 0 Å². The number of hydrogen-bond donors (Lipinski definition) is 0. The van der Waals surface area contributed by atoms with Crippen LogP contribution in [0.25, 0.3) is 0 Å². The third-order valence-corrected chi connectivity index (χ3v) is 3.75. The van der Waals surface area contributed by atoms with E-state index in [0.717, 1.165) is 35.2 Å². The van der Waals surface area contributed by atoms with Gasteiger partial charge in [-0.1, -0.05) is 6.07 Å². The van der Waals surface area contributed by atoms with E-state index in [0.29, 0.717) is 6.54 Å². The zero-order valence-electron chi connectivity index (χ0n) is 10.8. The van der Waals surface area contributed by atoms with Gasteiger partial charge in [0.2, 0.25) is 0 Å². The van der Waals surface area contributed by atoms with Gasteiger partial charge in [0.1, 0.15) is 0 Å². The molecule has 0 bridgehead atoms. The van der Waals surface area contributed by atoms with Crippen LogP contribution in [0.2, 0.25) is 0 Å². The van der Waals surface area contributed by atoms with Crippen LogP contribution in [0.5, 0.6) is 0 Å². The van der Waals surface area contributed by atoms with Crippen molar-refractivity contribution in [2.75, 3.05) is 19.7 Å². The van der Waals surface area contributed by atoms with Gasteiger partial charge in [-0.25, -0.2) is 0 Å². The van der Waals surface area contributed by atoms with Gasteiger partial charge in [-0.05, 0) is 53.9 Å². The third-order valence-electron chi connectivity index (χ3n) is 3.09. The van der Waals surface area contributed by atoms with E-state index in [-0.39, 0.29) is 12.0 Å². The van der Waals surface area contributed by atoms with Gasteiger partial charge in [0.05, 0.1) is 11.7 Å². The van der Waals surface area contributed by atoms with Gasteiger partial charge in [0, 0.05) is 24.2 Å². The quantitative estimate of drug-likeness (QED) is 0.798. The highest BCUT2D eigenvalue weighted by Gasteiger charge is 2.22. The molecule has 4 heteroatoms. The van der Waals surface area contributed by atoms with E-state index in [1.807, 2.05) is 36.9 Å². The van der Waals surface area contributed by atoms with Crippen LogP contribution in [-0.2, 0) is 4.74 Å². The van der Waals surface area contributed by atoms with E-state index >= 15 is 0 Å². The van der Waals surface area contributed by atoms with E-state index in [9.17, 15) is 4.79 Å². The van der Waals surface area contributed by atoms with Gasteiger partial charge in [-0.15, -0.1) is 0 Å². The van der Waals surface area contributed by atoms with Gasteiger partial charge in [0.15, 0.2) is 0 Å². The molecule has 0 radical (unpaired) electrons. The fourth-order valence-corrected chi connectivity index (χ4v) is 2.81. The van der Waals surface area contributed by atoms with Crippen molar-refractivity contribution in [3.05, 3.63) is 33.8 Å². The second-order valence-electron chi connectivity index (χ2n) is 4.77. The zero-order chi connectivity index (χ0) is 13.1. The smallest absolute Gasteiger partial charge is 0.255 e. The predicted octanol–water partition coefficient (Wildman–Crippen LogP) is 3.01.